The quantitative estimate of drug-likeness (QED) is 0.683. The number of likely N-dealkylation sites (tertiary alicyclic amines) is 1. The SMILES string of the molecule is Cc1ccc(CCC(=O)N2CCN(C(=O)C3CC(=O)N(C(C)c4ccccc4)C3)CC2)cc1. The third-order valence-corrected chi connectivity index (χ3v) is 6.95. The summed E-state index contributed by atoms with van der Waals surface area (Å²) in [7, 11) is 0. The van der Waals surface area contributed by atoms with Crippen molar-refractivity contribution in [3.63, 3.8) is 0 Å². The first-order chi connectivity index (χ1) is 15.9. The Hall–Kier alpha value is -3.15. The number of carbonyl (C=O) groups is 3. The third-order valence-electron chi connectivity index (χ3n) is 6.95. The van der Waals surface area contributed by atoms with E-state index < -0.39 is 0 Å². The minimum absolute atomic E-state index is 0.0367. The van der Waals surface area contributed by atoms with Crippen molar-refractivity contribution in [2.45, 2.75) is 39.2 Å². The van der Waals surface area contributed by atoms with Gasteiger partial charge in [0.15, 0.2) is 0 Å². The van der Waals surface area contributed by atoms with Crippen molar-refractivity contribution in [3.05, 3.63) is 71.3 Å². The zero-order valence-electron chi connectivity index (χ0n) is 19.6. The zero-order valence-corrected chi connectivity index (χ0v) is 19.6. The van der Waals surface area contributed by atoms with E-state index in [1.807, 2.05) is 52.0 Å². The fourth-order valence-electron chi connectivity index (χ4n) is 4.78. The highest BCUT2D eigenvalue weighted by Gasteiger charge is 2.39. The van der Waals surface area contributed by atoms with E-state index in [4.69, 9.17) is 0 Å². The molecule has 2 heterocycles. The van der Waals surface area contributed by atoms with Gasteiger partial charge in [-0.05, 0) is 31.4 Å². The number of carbonyl (C=O) groups excluding carboxylic acids is 3. The van der Waals surface area contributed by atoms with Crippen molar-refractivity contribution in [2.75, 3.05) is 32.7 Å². The summed E-state index contributed by atoms with van der Waals surface area (Å²) < 4.78 is 0. The molecule has 0 radical (unpaired) electrons. The Morgan fingerprint density at radius 3 is 2.24 bits per heavy atom. The Bertz CT molecular complexity index is 981. The van der Waals surface area contributed by atoms with Gasteiger partial charge < -0.3 is 14.7 Å². The summed E-state index contributed by atoms with van der Waals surface area (Å²) in [5.74, 6) is -0.0819. The van der Waals surface area contributed by atoms with Crippen LogP contribution in [0.4, 0.5) is 0 Å². The van der Waals surface area contributed by atoms with Gasteiger partial charge in [-0.1, -0.05) is 60.2 Å². The van der Waals surface area contributed by atoms with Gasteiger partial charge in [0.05, 0.1) is 12.0 Å². The second kappa shape index (κ2) is 10.2. The largest absolute Gasteiger partial charge is 0.339 e. The molecule has 0 N–H and O–H groups in total. The van der Waals surface area contributed by atoms with Crippen LogP contribution in [0.1, 0.15) is 42.5 Å². The van der Waals surface area contributed by atoms with E-state index in [9.17, 15) is 14.4 Å². The lowest BCUT2D eigenvalue weighted by atomic mass is 10.1. The Labute approximate surface area is 196 Å². The van der Waals surface area contributed by atoms with Crippen LogP contribution in [0.3, 0.4) is 0 Å². The number of hydrogen-bond acceptors (Lipinski definition) is 3. The topological polar surface area (TPSA) is 60.9 Å². The lowest BCUT2D eigenvalue weighted by Gasteiger charge is -2.36. The molecule has 2 atom stereocenters. The Balaban J connectivity index is 1.25. The van der Waals surface area contributed by atoms with E-state index in [1.165, 1.54) is 11.1 Å². The van der Waals surface area contributed by atoms with Crippen LogP contribution < -0.4 is 0 Å². The lowest BCUT2D eigenvalue weighted by molar-refractivity contribution is -0.142. The number of hydrogen-bond donors (Lipinski definition) is 0. The second-order valence-electron chi connectivity index (χ2n) is 9.23. The molecule has 33 heavy (non-hydrogen) atoms. The van der Waals surface area contributed by atoms with Crippen LogP contribution in [-0.4, -0.2) is 65.1 Å². The fourth-order valence-corrected chi connectivity index (χ4v) is 4.78. The van der Waals surface area contributed by atoms with E-state index in [-0.39, 0.29) is 36.1 Å². The summed E-state index contributed by atoms with van der Waals surface area (Å²) in [6.45, 7) is 6.72. The molecule has 0 aromatic heterocycles. The average Bonchev–Trinajstić information content (AvgIpc) is 3.24. The molecule has 2 aliphatic rings. The first kappa shape index (κ1) is 23.0. The van der Waals surface area contributed by atoms with Crippen molar-refractivity contribution < 1.29 is 14.4 Å². The van der Waals surface area contributed by atoms with E-state index in [0.717, 1.165) is 12.0 Å². The lowest BCUT2D eigenvalue weighted by Crippen LogP contribution is -2.52. The molecule has 2 aliphatic heterocycles. The van der Waals surface area contributed by atoms with Crippen LogP contribution in [0, 0.1) is 12.8 Å². The summed E-state index contributed by atoms with van der Waals surface area (Å²) in [4.78, 5) is 43.9. The van der Waals surface area contributed by atoms with Crippen molar-refractivity contribution in [1.29, 1.82) is 0 Å². The molecule has 0 saturated carbocycles. The Morgan fingerprint density at radius 1 is 0.939 bits per heavy atom. The van der Waals surface area contributed by atoms with Gasteiger partial charge in [0, 0.05) is 45.6 Å². The Morgan fingerprint density at radius 2 is 1.58 bits per heavy atom. The number of benzene rings is 2. The molecule has 6 heteroatoms. The van der Waals surface area contributed by atoms with Crippen LogP contribution in [0.5, 0.6) is 0 Å². The van der Waals surface area contributed by atoms with Crippen LogP contribution in [0.15, 0.2) is 54.6 Å². The number of aryl methyl sites for hydroxylation is 2. The molecule has 2 aromatic rings. The molecule has 4 rings (SSSR count). The molecule has 0 spiro atoms. The van der Waals surface area contributed by atoms with Gasteiger partial charge in [-0.15, -0.1) is 0 Å². The number of piperazine rings is 1. The van der Waals surface area contributed by atoms with Crippen molar-refractivity contribution in [1.82, 2.24) is 14.7 Å². The Kier molecular flexibility index (Phi) is 7.11. The van der Waals surface area contributed by atoms with Crippen LogP contribution >= 0.6 is 0 Å². The maximum Gasteiger partial charge on any atom is 0.228 e. The molecule has 0 aliphatic carbocycles. The molecule has 174 valence electrons. The predicted octanol–water partition coefficient (Wildman–Crippen LogP) is 3.21. The number of nitrogens with zero attached hydrogens (tertiary/aromatic N) is 3. The molecule has 2 fully saturated rings. The molecule has 0 bridgehead atoms. The third kappa shape index (κ3) is 5.44. The number of rotatable bonds is 6. The van der Waals surface area contributed by atoms with Gasteiger partial charge in [0.2, 0.25) is 17.7 Å². The van der Waals surface area contributed by atoms with Crippen LogP contribution in [0.25, 0.3) is 0 Å². The molecule has 3 amide bonds. The van der Waals surface area contributed by atoms with Crippen LogP contribution in [-0.2, 0) is 20.8 Å². The number of amides is 3. The molecule has 2 saturated heterocycles. The highest BCUT2D eigenvalue weighted by molar-refractivity contribution is 5.89. The van der Waals surface area contributed by atoms with Gasteiger partial charge in [-0.25, -0.2) is 0 Å². The molecular weight excluding hydrogens is 414 g/mol. The van der Waals surface area contributed by atoms with E-state index in [1.54, 1.807) is 0 Å². The van der Waals surface area contributed by atoms with E-state index in [2.05, 4.69) is 31.2 Å². The smallest absolute Gasteiger partial charge is 0.228 e. The average molecular weight is 448 g/mol. The molecule has 6 nitrogen and oxygen atoms in total. The van der Waals surface area contributed by atoms with Crippen LogP contribution in [0.2, 0.25) is 0 Å². The predicted molar refractivity (Wildman–Crippen MR) is 127 cm³/mol. The van der Waals surface area contributed by atoms with Gasteiger partial charge in [0.1, 0.15) is 0 Å². The van der Waals surface area contributed by atoms with Crippen molar-refractivity contribution in [3.8, 4) is 0 Å². The monoisotopic (exact) mass is 447 g/mol. The van der Waals surface area contributed by atoms with Gasteiger partial charge in [0.25, 0.3) is 0 Å². The minimum atomic E-state index is -0.299. The first-order valence-electron chi connectivity index (χ1n) is 11.9. The molecular formula is C27H33N3O3. The summed E-state index contributed by atoms with van der Waals surface area (Å²) in [5, 5.41) is 0. The zero-order chi connectivity index (χ0) is 23.4. The normalized spacial score (nSPS) is 19.6. The van der Waals surface area contributed by atoms with Gasteiger partial charge >= 0.3 is 0 Å². The highest BCUT2D eigenvalue weighted by atomic mass is 16.2. The van der Waals surface area contributed by atoms with E-state index in [0.29, 0.717) is 39.1 Å². The molecule has 2 unspecified atom stereocenters. The van der Waals surface area contributed by atoms with Crippen molar-refractivity contribution in [2.24, 2.45) is 5.92 Å². The fraction of sp³-hybridized carbons (Fsp3) is 0.444. The maximum atomic E-state index is 13.1. The highest BCUT2D eigenvalue weighted by Crippen LogP contribution is 2.29. The first-order valence-corrected chi connectivity index (χ1v) is 11.9. The summed E-state index contributed by atoms with van der Waals surface area (Å²) in [5.41, 5.74) is 3.46. The standard InChI is InChI=1S/C27H33N3O3/c1-20-8-10-22(11-9-20)12-13-25(31)28-14-16-29(17-15-28)27(33)24-18-26(32)30(19-24)21(2)23-6-4-3-5-7-23/h3-11,21,24H,12-19H2,1-2H3. The molecule has 2 aromatic carbocycles. The summed E-state index contributed by atoms with van der Waals surface area (Å²) in [6, 6.07) is 18.2. The maximum absolute atomic E-state index is 13.1. The van der Waals surface area contributed by atoms with E-state index >= 15 is 0 Å². The van der Waals surface area contributed by atoms with Gasteiger partial charge in [-0.3, -0.25) is 14.4 Å². The minimum Gasteiger partial charge on any atom is -0.339 e. The van der Waals surface area contributed by atoms with Gasteiger partial charge in [-0.2, -0.15) is 0 Å². The van der Waals surface area contributed by atoms with Crippen molar-refractivity contribution >= 4 is 17.7 Å². The summed E-state index contributed by atoms with van der Waals surface area (Å²) >= 11 is 0. The second-order valence-corrected chi connectivity index (χ2v) is 9.23. The summed E-state index contributed by atoms with van der Waals surface area (Å²) in [6.07, 6.45) is 1.49.